The Bertz CT molecular complexity index is 2110. The predicted molar refractivity (Wildman–Crippen MR) is 161 cm³/mol. The topological polar surface area (TPSA) is 9.86 Å². The van der Waals surface area contributed by atoms with Crippen LogP contribution in [0.2, 0.25) is 0 Å². The van der Waals surface area contributed by atoms with Crippen LogP contribution in [0.15, 0.2) is 146 Å². The van der Waals surface area contributed by atoms with Crippen LogP contribution < -0.4 is 0 Å². The van der Waals surface area contributed by atoms with Gasteiger partial charge in [-0.1, -0.05) is 97.1 Å². The van der Waals surface area contributed by atoms with E-state index in [0.29, 0.717) is 0 Å². The molecular weight excluding hydrogens is 460 g/mol. The van der Waals surface area contributed by atoms with Crippen LogP contribution in [-0.2, 0) is 0 Å². The molecule has 0 saturated heterocycles. The third kappa shape index (κ3) is 3.07. The van der Waals surface area contributed by atoms with E-state index >= 15 is 0 Å². The lowest BCUT2D eigenvalue weighted by Gasteiger charge is -2.11. The molecule has 0 bridgehead atoms. The van der Waals surface area contributed by atoms with Crippen molar-refractivity contribution in [3.8, 4) is 22.5 Å². The van der Waals surface area contributed by atoms with Crippen molar-refractivity contribution in [3.63, 3.8) is 0 Å². The summed E-state index contributed by atoms with van der Waals surface area (Å²) in [7, 11) is 0. The molecular formula is C36H24N2. The first kappa shape index (κ1) is 21.0. The van der Waals surface area contributed by atoms with Gasteiger partial charge >= 0.3 is 0 Å². The molecule has 0 radical (unpaired) electrons. The van der Waals surface area contributed by atoms with Crippen molar-refractivity contribution in [2.75, 3.05) is 0 Å². The van der Waals surface area contributed by atoms with E-state index in [9.17, 15) is 0 Å². The minimum Gasteiger partial charge on any atom is -0.317 e. The number of aromatic nitrogens is 2. The number of hydrogen-bond donors (Lipinski definition) is 0. The Morgan fingerprint density at radius 2 is 1.00 bits per heavy atom. The monoisotopic (exact) mass is 484 g/mol. The van der Waals surface area contributed by atoms with Crippen LogP contribution >= 0.6 is 0 Å². The molecule has 0 aliphatic carbocycles. The fraction of sp³-hybridized carbons (Fsp3) is 0. The summed E-state index contributed by atoms with van der Waals surface area (Å²) in [5.41, 5.74) is 8.51. The van der Waals surface area contributed by atoms with E-state index < -0.39 is 0 Å². The third-order valence-corrected chi connectivity index (χ3v) is 7.75. The molecule has 2 heterocycles. The van der Waals surface area contributed by atoms with Gasteiger partial charge in [0, 0.05) is 39.1 Å². The largest absolute Gasteiger partial charge is 0.317 e. The third-order valence-electron chi connectivity index (χ3n) is 7.75. The molecule has 2 aromatic heterocycles. The second kappa shape index (κ2) is 8.22. The molecule has 8 rings (SSSR count). The lowest BCUT2D eigenvalue weighted by atomic mass is 10.0. The molecule has 8 aromatic rings. The van der Waals surface area contributed by atoms with Gasteiger partial charge in [-0.3, -0.25) is 0 Å². The van der Waals surface area contributed by atoms with Gasteiger partial charge in [-0.05, 0) is 59.0 Å². The average molecular weight is 485 g/mol. The van der Waals surface area contributed by atoms with Crippen molar-refractivity contribution in [2.24, 2.45) is 0 Å². The van der Waals surface area contributed by atoms with Crippen LogP contribution in [0.5, 0.6) is 0 Å². The lowest BCUT2D eigenvalue weighted by Crippen LogP contribution is -1.94. The van der Waals surface area contributed by atoms with E-state index in [-0.39, 0.29) is 0 Å². The lowest BCUT2D eigenvalue weighted by molar-refractivity contribution is 1.13. The Hall–Kier alpha value is -5.08. The molecule has 0 fully saturated rings. The summed E-state index contributed by atoms with van der Waals surface area (Å²) in [5, 5.41) is 6.37. The highest BCUT2D eigenvalue weighted by molar-refractivity contribution is 6.22. The highest BCUT2D eigenvalue weighted by atomic mass is 15.0. The Morgan fingerprint density at radius 3 is 1.87 bits per heavy atom. The van der Waals surface area contributed by atoms with Gasteiger partial charge in [-0.25, -0.2) is 0 Å². The Kier molecular flexibility index (Phi) is 4.55. The van der Waals surface area contributed by atoms with Crippen LogP contribution in [0, 0.1) is 0 Å². The second-order valence-corrected chi connectivity index (χ2v) is 9.85. The van der Waals surface area contributed by atoms with Crippen LogP contribution in [0.25, 0.3) is 66.0 Å². The molecule has 0 unspecified atom stereocenters. The number of hydrogen-bond acceptors (Lipinski definition) is 0. The average Bonchev–Trinajstić information content (AvgIpc) is 3.58. The quantitative estimate of drug-likeness (QED) is 0.236. The van der Waals surface area contributed by atoms with Gasteiger partial charge in [0.05, 0.1) is 16.6 Å². The van der Waals surface area contributed by atoms with Crippen molar-refractivity contribution in [3.05, 3.63) is 146 Å². The van der Waals surface area contributed by atoms with Gasteiger partial charge < -0.3 is 9.13 Å². The van der Waals surface area contributed by atoms with E-state index in [1.54, 1.807) is 0 Å². The van der Waals surface area contributed by atoms with E-state index in [1.165, 1.54) is 66.0 Å². The number of para-hydroxylation sites is 2. The van der Waals surface area contributed by atoms with Gasteiger partial charge in [0.2, 0.25) is 0 Å². The van der Waals surface area contributed by atoms with Gasteiger partial charge in [0.15, 0.2) is 0 Å². The highest BCUT2D eigenvalue weighted by Crippen LogP contribution is 2.39. The number of fused-ring (bicyclic) bond motifs is 7. The van der Waals surface area contributed by atoms with E-state index in [4.69, 9.17) is 0 Å². The number of benzene rings is 6. The Labute approximate surface area is 220 Å². The maximum Gasteiger partial charge on any atom is 0.0619 e. The summed E-state index contributed by atoms with van der Waals surface area (Å²) >= 11 is 0. The molecule has 38 heavy (non-hydrogen) atoms. The first-order valence-electron chi connectivity index (χ1n) is 13.0. The summed E-state index contributed by atoms with van der Waals surface area (Å²) in [6.45, 7) is 0. The molecule has 2 nitrogen and oxygen atoms in total. The molecule has 0 N–H and O–H groups in total. The SMILES string of the molecule is c1ccc(-c2cccc(-n3ccc4c5ccc6c7ccccc7n(-c7ccccc7)c6c5ccc43)c2)cc1. The van der Waals surface area contributed by atoms with Crippen molar-refractivity contribution < 1.29 is 0 Å². The van der Waals surface area contributed by atoms with E-state index in [1.807, 2.05) is 0 Å². The highest BCUT2D eigenvalue weighted by Gasteiger charge is 2.16. The maximum atomic E-state index is 2.42. The van der Waals surface area contributed by atoms with Crippen LogP contribution in [0.4, 0.5) is 0 Å². The molecule has 0 spiro atoms. The van der Waals surface area contributed by atoms with Crippen molar-refractivity contribution in [1.29, 1.82) is 0 Å². The summed E-state index contributed by atoms with van der Waals surface area (Å²) in [5.74, 6) is 0. The van der Waals surface area contributed by atoms with Gasteiger partial charge in [0.1, 0.15) is 0 Å². The molecule has 0 aliphatic rings. The fourth-order valence-corrected chi connectivity index (χ4v) is 6.03. The Morgan fingerprint density at radius 1 is 0.368 bits per heavy atom. The summed E-state index contributed by atoms with van der Waals surface area (Å²) in [6, 6.07) is 50.2. The molecule has 6 aromatic carbocycles. The van der Waals surface area contributed by atoms with E-state index in [2.05, 4.69) is 155 Å². The zero-order valence-electron chi connectivity index (χ0n) is 20.8. The zero-order valence-corrected chi connectivity index (χ0v) is 20.8. The number of nitrogens with zero attached hydrogens (tertiary/aromatic N) is 2. The van der Waals surface area contributed by atoms with Crippen molar-refractivity contribution in [2.45, 2.75) is 0 Å². The molecule has 0 saturated carbocycles. The Balaban J connectivity index is 1.39. The first-order chi connectivity index (χ1) is 18.9. The minimum absolute atomic E-state index is 1.17. The van der Waals surface area contributed by atoms with Crippen molar-refractivity contribution in [1.82, 2.24) is 9.13 Å². The van der Waals surface area contributed by atoms with Crippen LogP contribution in [0.1, 0.15) is 0 Å². The predicted octanol–water partition coefficient (Wildman–Crippen LogP) is 9.55. The maximum absolute atomic E-state index is 2.42. The molecule has 0 atom stereocenters. The van der Waals surface area contributed by atoms with Gasteiger partial charge in [-0.2, -0.15) is 0 Å². The van der Waals surface area contributed by atoms with Gasteiger partial charge in [0.25, 0.3) is 0 Å². The van der Waals surface area contributed by atoms with Crippen LogP contribution in [0.3, 0.4) is 0 Å². The smallest absolute Gasteiger partial charge is 0.0619 e. The van der Waals surface area contributed by atoms with Crippen LogP contribution in [-0.4, -0.2) is 9.13 Å². The normalized spacial score (nSPS) is 11.7. The molecule has 178 valence electrons. The first-order valence-corrected chi connectivity index (χ1v) is 13.0. The molecule has 2 heteroatoms. The summed E-state index contributed by atoms with van der Waals surface area (Å²) < 4.78 is 4.72. The summed E-state index contributed by atoms with van der Waals surface area (Å²) in [4.78, 5) is 0. The second-order valence-electron chi connectivity index (χ2n) is 9.85. The zero-order chi connectivity index (χ0) is 25.1. The number of rotatable bonds is 3. The molecule has 0 aliphatic heterocycles. The summed E-state index contributed by atoms with van der Waals surface area (Å²) in [6.07, 6.45) is 2.20. The molecule has 0 amide bonds. The van der Waals surface area contributed by atoms with Crippen molar-refractivity contribution >= 4 is 43.5 Å². The van der Waals surface area contributed by atoms with E-state index in [0.717, 1.165) is 0 Å². The standard InChI is InChI=1S/C36H24N2/c1-3-10-25(11-4-1)26-12-9-15-28(24-26)37-23-22-31-29-18-19-33-30-16-7-8-17-35(30)38(27-13-5-2-6-14-27)36(33)32(29)20-21-34(31)37/h1-24H. The minimum atomic E-state index is 1.17. The van der Waals surface area contributed by atoms with Gasteiger partial charge in [-0.15, -0.1) is 0 Å². The fourth-order valence-electron chi connectivity index (χ4n) is 6.03.